The summed E-state index contributed by atoms with van der Waals surface area (Å²) in [5, 5.41) is 8.58. The second-order valence-corrected chi connectivity index (χ2v) is 5.20. The summed E-state index contributed by atoms with van der Waals surface area (Å²) < 4.78 is 6.07. The fourth-order valence-electron chi connectivity index (χ4n) is 2.88. The number of aromatic nitrogens is 2. The number of rotatable bonds is 5. The first-order valence-electron chi connectivity index (χ1n) is 7.54. The van der Waals surface area contributed by atoms with Crippen molar-refractivity contribution in [3.63, 3.8) is 0 Å². The lowest BCUT2D eigenvalue weighted by Gasteiger charge is -2.24. The van der Waals surface area contributed by atoms with Gasteiger partial charge in [0.1, 0.15) is 6.10 Å². The van der Waals surface area contributed by atoms with Gasteiger partial charge in [0.2, 0.25) is 5.88 Å². The van der Waals surface area contributed by atoms with E-state index in [1.54, 1.807) is 0 Å². The van der Waals surface area contributed by atoms with Gasteiger partial charge in [0.15, 0.2) is 0 Å². The molecule has 4 nitrogen and oxygen atoms in total. The van der Waals surface area contributed by atoms with Gasteiger partial charge in [-0.25, -0.2) is 0 Å². The Morgan fingerprint density at radius 2 is 1.79 bits per heavy atom. The zero-order chi connectivity index (χ0) is 13.7. The normalized spacial score (nSPS) is 16.6. The number of nitrogens with zero attached hydrogens (tertiary/aromatic N) is 2. The molecule has 0 amide bonds. The van der Waals surface area contributed by atoms with E-state index in [2.05, 4.69) is 24.0 Å². The van der Waals surface area contributed by atoms with Crippen LogP contribution >= 0.6 is 0 Å². The van der Waals surface area contributed by atoms with E-state index in [0.29, 0.717) is 18.5 Å². The number of hydrogen-bond acceptors (Lipinski definition) is 4. The van der Waals surface area contributed by atoms with Crippen LogP contribution in [0.5, 0.6) is 5.88 Å². The Hall–Kier alpha value is -1.16. The molecule has 0 unspecified atom stereocenters. The van der Waals surface area contributed by atoms with Crippen molar-refractivity contribution in [2.24, 2.45) is 5.73 Å². The van der Waals surface area contributed by atoms with Crippen LogP contribution in [-0.4, -0.2) is 16.3 Å². The summed E-state index contributed by atoms with van der Waals surface area (Å²) in [6, 6.07) is 0. The minimum atomic E-state index is 0.297. The standard InChI is InChI=1S/C15H25N3O/c1-3-12-13(10-16)15(18-17-14(12)4-2)19-11-8-6-5-7-9-11/h11H,3-10,16H2,1-2H3. The maximum Gasteiger partial charge on any atom is 0.238 e. The molecule has 19 heavy (non-hydrogen) atoms. The zero-order valence-electron chi connectivity index (χ0n) is 12.1. The molecule has 106 valence electrons. The number of nitrogens with two attached hydrogens (primary N) is 1. The van der Waals surface area contributed by atoms with Crippen molar-refractivity contribution in [3.8, 4) is 5.88 Å². The largest absolute Gasteiger partial charge is 0.473 e. The topological polar surface area (TPSA) is 61.0 Å². The van der Waals surface area contributed by atoms with Crippen LogP contribution in [0.25, 0.3) is 0 Å². The number of hydrogen-bond donors (Lipinski definition) is 1. The Morgan fingerprint density at radius 3 is 2.37 bits per heavy atom. The van der Waals surface area contributed by atoms with Crippen molar-refractivity contribution in [2.45, 2.75) is 71.4 Å². The minimum Gasteiger partial charge on any atom is -0.473 e. The lowest BCUT2D eigenvalue weighted by atomic mass is 9.97. The first-order chi connectivity index (χ1) is 9.30. The predicted molar refractivity (Wildman–Crippen MR) is 76.2 cm³/mol. The van der Waals surface area contributed by atoms with E-state index in [9.17, 15) is 0 Å². The lowest BCUT2D eigenvalue weighted by Crippen LogP contribution is -2.22. The Morgan fingerprint density at radius 1 is 1.05 bits per heavy atom. The van der Waals surface area contributed by atoms with Crippen molar-refractivity contribution in [2.75, 3.05) is 0 Å². The summed E-state index contributed by atoms with van der Waals surface area (Å²) in [4.78, 5) is 0. The first-order valence-corrected chi connectivity index (χ1v) is 7.54. The summed E-state index contributed by atoms with van der Waals surface area (Å²) >= 11 is 0. The second-order valence-electron chi connectivity index (χ2n) is 5.20. The fraction of sp³-hybridized carbons (Fsp3) is 0.733. The Balaban J connectivity index is 2.23. The van der Waals surface area contributed by atoms with E-state index < -0.39 is 0 Å². The zero-order valence-corrected chi connectivity index (χ0v) is 12.1. The molecule has 0 aliphatic heterocycles. The fourth-order valence-corrected chi connectivity index (χ4v) is 2.88. The third-order valence-corrected chi connectivity index (χ3v) is 3.96. The smallest absolute Gasteiger partial charge is 0.238 e. The van der Waals surface area contributed by atoms with Gasteiger partial charge < -0.3 is 10.5 Å². The highest BCUT2D eigenvalue weighted by Gasteiger charge is 2.20. The quantitative estimate of drug-likeness (QED) is 0.887. The monoisotopic (exact) mass is 263 g/mol. The summed E-state index contributed by atoms with van der Waals surface area (Å²) in [6.07, 6.45) is 8.22. The van der Waals surface area contributed by atoms with Gasteiger partial charge in [-0.1, -0.05) is 20.3 Å². The molecule has 0 radical (unpaired) electrons. The Labute approximate surface area is 115 Å². The van der Waals surface area contributed by atoms with Crippen molar-refractivity contribution in [3.05, 3.63) is 16.8 Å². The molecule has 0 saturated heterocycles. The maximum atomic E-state index is 6.07. The summed E-state index contributed by atoms with van der Waals surface area (Å²) in [6.45, 7) is 4.72. The molecule has 1 aliphatic carbocycles. The van der Waals surface area contributed by atoms with Crippen LogP contribution in [0, 0.1) is 0 Å². The van der Waals surface area contributed by atoms with Gasteiger partial charge in [-0.3, -0.25) is 0 Å². The molecule has 1 fully saturated rings. The van der Waals surface area contributed by atoms with Gasteiger partial charge in [0.25, 0.3) is 0 Å². The van der Waals surface area contributed by atoms with Crippen molar-refractivity contribution in [1.82, 2.24) is 10.2 Å². The molecule has 1 aromatic rings. The minimum absolute atomic E-state index is 0.297. The van der Waals surface area contributed by atoms with E-state index >= 15 is 0 Å². The van der Waals surface area contributed by atoms with E-state index in [0.717, 1.165) is 36.9 Å². The lowest BCUT2D eigenvalue weighted by molar-refractivity contribution is 0.145. The van der Waals surface area contributed by atoms with E-state index in [1.807, 2.05) is 0 Å². The SMILES string of the molecule is CCc1nnc(OC2CCCCC2)c(CN)c1CC. The van der Waals surface area contributed by atoms with Gasteiger partial charge in [-0.2, -0.15) is 5.10 Å². The van der Waals surface area contributed by atoms with Gasteiger partial charge in [-0.15, -0.1) is 5.10 Å². The van der Waals surface area contributed by atoms with Crippen molar-refractivity contribution >= 4 is 0 Å². The molecule has 1 heterocycles. The molecule has 1 aromatic heterocycles. The van der Waals surface area contributed by atoms with Crippen LogP contribution in [0.15, 0.2) is 0 Å². The van der Waals surface area contributed by atoms with Crippen LogP contribution in [0.2, 0.25) is 0 Å². The molecule has 4 heteroatoms. The maximum absolute atomic E-state index is 6.07. The Bertz CT molecular complexity index is 414. The number of aryl methyl sites for hydroxylation is 1. The van der Waals surface area contributed by atoms with Crippen LogP contribution in [-0.2, 0) is 19.4 Å². The average Bonchev–Trinajstić information content (AvgIpc) is 2.47. The second kappa shape index (κ2) is 6.85. The molecule has 2 rings (SSSR count). The molecular weight excluding hydrogens is 238 g/mol. The molecule has 0 atom stereocenters. The molecule has 0 bridgehead atoms. The van der Waals surface area contributed by atoms with Crippen molar-refractivity contribution < 1.29 is 4.74 Å². The highest BCUT2D eigenvalue weighted by molar-refractivity contribution is 5.37. The Kier molecular flexibility index (Phi) is 5.14. The van der Waals surface area contributed by atoms with Crippen LogP contribution in [0.3, 0.4) is 0 Å². The highest BCUT2D eigenvalue weighted by atomic mass is 16.5. The molecule has 1 saturated carbocycles. The van der Waals surface area contributed by atoms with Crippen LogP contribution in [0.1, 0.15) is 62.8 Å². The van der Waals surface area contributed by atoms with Crippen molar-refractivity contribution in [1.29, 1.82) is 0 Å². The summed E-state index contributed by atoms with van der Waals surface area (Å²) in [5.41, 5.74) is 9.25. The van der Waals surface area contributed by atoms with E-state index in [-0.39, 0.29) is 0 Å². The molecule has 0 spiro atoms. The van der Waals surface area contributed by atoms with Gasteiger partial charge in [-0.05, 0) is 44.1 Å². The van der Waals surface area contributed by atoms with E-state index in [4.69, 9.17) is 10.5 Å². The van der Waals surface area contributed by atoms with Crippen LogP contribution < -0.4 is 10.5 Å². The number of ether oxygens (including phenoxy) is 1. The predicted octanol–water partition coefficient (Wildman–Crippen LogP) is 2.77. The molecule has 0 aromatic carbocycles. The average molecular weight is 263 g/mol. The van der Waals surface area contributed by atoms with Gasteiger partial charge >= 0.3 is 0 Å². The summed E-state index contributed by atoms with van der Waals surface area (Å²) in [7, 11) is 0. The third-order valence-electron chi connectivity index (χ3n) is 3.96. The van der Waals surface area contributed by atoms with E-state index in [1.165, 1.54) is 24.8 Å². The third kappa shape index (κ3) is 3.24. The molecular formula is C15H25N3O. The highest BCUT2D eigenvalue weighted by Crippen LogP contribution is 2.27. The van der Waals surface area contributed by atoms with Gasteiger partial charge in [0.05, 0.1) is 5.69 Å². The molecule has 1 aliphatic rings. The van der Waals surface area contributed by atoms with Gasteiger partial charge in [0, 0.05) is 12.1 Å². The summed E-state index contributed by atoms with van der Waals surface area (Å²) in [5.74, 6) is 0.670. The molecule has 2 N–H and O–H groups in total. The first kappa shape index (κ1) is 14.3. The van der Waals surface area contributed by atoms with Crippen LogP contribution in [0.4, 0.5) is 0 Å².